The van der Waals surface area contributed by atoms with Gasteiger partial charge in [-0.25, -0.2) is 8.78 Å². The zero-order valence-electron chi connectivity index (χ0n) is 9.41. The van der Waals surface area contributed by atoms with Gasteiger partial charge in [-0.1, -0.05) is 0 Å². The van der Waals surface area contributed by atoms with Crippen molar-refractivity contribution in [2.75, 3.05) is 0 Å². The third kappa shape index (κ3) is 1.17. The number of aromatic amines is 1. The van der Waals surface area contributed by atoms with Gasteiger partial charge in [-0.05, 0) is 36.3 Å². The molecule has 0 amide bonds. The lowest BCUT2D eigenvalue weighted by Gasteiger charge is -2.13. The van der Waals surface area contributed by atoms with Crippen molar-refractivity contribution in [1.29, 1.82) is 0 Å². The van der Waals surface area contributed by atoms with E-state index in [2.05, 4.69) is 4.98 Å². The average molecular weight is 264 g/mol. The second-order valence-corrected chi connectivity index (χ2v) is 5.56. The number of aromatic nitrogens is 2. The normalized spacial score (nSPS) is 28.0. The SMILES string of the molecule is Fc1cc(F)cc(C23CC2c2c[nH]c(=S)n2C3)c1. The maximum absolute atomic E-state index is 13.3. The third-order valence-corrected chi connectivity index (χ3v) is 4.55. The van der Waals surface area contributed by atoms with Crippen molar-refractivity contribution in [1.82, 2.24) is 9.55 Å². The van der Waals surface area contributed by atoms with E-state index in [1.807, 2.05) is 10.8 Å². The highest BCUT2D eigenvalue weighted by molar-refractivity contribution is 7.71. The summed E-state index contributed by atoms with van der Waals surface area (Å²) in [6.45, 7) is 0.720. The second-order valence-electron chi connectivity index (χ2n) is 5.18. The third-order valence-electron chi connectivity index (χ3n) is 4.21. The largest absolute Gasteiger partial charge is 0.337 e. The molecule has 2 aromatic rings. The molecule has 2 unspecified atom stereocenters. The smallest absolute Gasteiger partial charge is 0.177 e. The summed E-state index contributed by atoms with van der Waals surface area (Å²) in [7, 11) is 0. The lowest BCUT2D eigenvalue weighted by Crippen LogP contribution is -2.13. The maximum Gasteiger partial charge on any atom is 0.177 e. The molecule has 1 N–H and O–H groups in total. The number of nitrogens with zero attached hydrogens (tertiary/aromatic N) is 1. The number of rotatable bonds is 1. The molecule has 1 aliphatic carbocycles. The van der Waals surface area contributed by atoms with Gasteiger partial charge in [0.1, 0.15) is 11.6 Å². The Labute approximate surface area is 107 Å². The Morgan fingerprint density at radius 1 is 1.28 bits per heavy atom. The summed E-state index contributed by atoms with van der Waals surface area (Å²) in [4.78, 5) is 3.02. The summed E-state index contributed by atoms with van der Waals surface area (Å²) in [5.41, 5.74) is 1.77. The number of imidazole rings is 1. The summed E-state index contributed by atoms with van der Waals surface area (Å²) >= 11 is 5.20. The minimum absolute atomic E-state index is 0.138. The molecule has 2 aliphatic rings. The van der Waals surface area contributed by atoms with Crippen molar-refractivity contribution in [3.05, 3.63) is 52.1 Å². The maximum atomic E-state index is 13.3. The van der Waals surface area contributed by atoms with Crippen LogP contribution in [0.3, 0.4) is 0 Å². The van der Waals surface area contributed by atoms with Gasteiger partial charge in [-0.15, -0.1) is 0 Å². The molecule has 1 aliphatic heterocycles. The van der Waals surface area contributed by atoms with Crippen LogP contribution in [-0.4, -0.2) is 9.55 Å². The van der Waals surface area contributed by atoms with Gasteiger partial charge in [0, 0.05) is 35.8 Å². The molecule has 2 atom stereocenters. The molecule has 92 valence electrons. The fourth-order valence-electron chi connectivity index (χ4n) is 3.26. The van der Waals surface area contributed by atoms with Gasteiger partial charge < -0.3 is 9.55 Å². The van der Waals surface area contributed by atoms with Gasteiger partial charge in [0.25, 0.3) is 0 Å². The molecule has 2 heterocycles. The van der Waals surface area contributed by atoms with Gasteiger partial charge in [-0.3, -0.25) is 0 Å². The fourth-order valence-corrected chi connectivity index (χ4v) is 3.49. The molecule has 2 nitrogen and oxygen atoms in total. The minimum atomic E-state index is -0.508. The van der Waals surface area contributed by atoms with Crippen LogP contribution in [0.1, 0.15) is 23.6 Å². The minimum Gasteiger partial charge on any atom is -0.337 e. The average Bonchev–Trinajstić information content (AvgIpc) is 2.78. The second kappa shape index (κ2) is 3.09. The van der Waals surface area contributed by atoms with Crippen LogP contribution in [0.2, 0.25) is 0 Å². The van der Waals surface area contributed by atoms with Crippen LogP contribution >= 0.6 is 12.2 Å². The quantitative estimate of drug-likeness (QED) is 0.784. The summed E-state index contributed by atoms with van der Waals surface area (Å²) in [5, 5.41) is 0. The van der Waals surface area contributed by atoms with Gasteiger partial charge >= 0.3 is 0 Å². The van der Waals surface area contributed by atoms with Crippen molar-refractivity contribution in [2.24, 2.45) is 0 Å². The topological polar surface area (TPSA) is 20.7 Å². The molecule has 4 rings (SSSR count). The van der Waals surface area contributed by atoms with Gasteiger partial charge in [-0.2, -0.15) is 0 Å². The lowest BCUT2D eigenvalue weighted by molar-refractivity contribution is 0.548. The van der Waals surface area contributed by atoms with E-state index in [1.54, 1.807) is 0 Å². The summed E-state index contributed by atoms with van der Waals surface area (Å²) in [5.74, 6) is -0.676. The Balaban J connectivity index is 1.83. The molecule has 0 radical (unpaired) electrons. The zero-order valence-corrected chi connectivity index (χ0v) is 10.2. The van der Waals surface area contributed by atoms with Gasteiger partial charge in [0.05, 0.1) is 0 Å². The van der Waals surface area contributed by atoms with Crippen LogP contribution in [-0.2, 0) is 12.0 Å². The van der Waals surface area contributed by atoms with Crippen molar-refractivity contribution < 1.29 is 8.78 Å². The first-order valence-corrected chi connectivity index (χ1v) is 6.26. The zero-order chi connectivity index (χ0) is 12.5. The number of nitrogens with one attached hydrogen (secondary N) is 1. The van der Waals surface area contributed by atoms with Crippen LogP contribution in [0.15, 0.2) is 24.4 Å². The molecule has 1 aromatic heterocycles. The molecule has 18 heavy (non-hydrogen) atoms. The first kappa shape index (κ1) is 10.4. The van der Waals surface area contributed by atoms with E-state index < -0.39 is 11.6 Å². The number of hydrogen-bond donors (Lipinski definition) is 1. The summed E-state index contributed by atoms with van der Waals surface area (Å²) in [6.07, 6.45) is 2.86. The van der Waals surface area contributed by atoms with E-state index in [0.717, 1.165) is 30.3 Å². The first-order valence-electron chi connectivity index (χ1n) is 5.85. The Morgan fingerprint density at radius 3 is 2.67 bits per heavy atom. The van der Waals surface area contributed by atoms with Crippen LogP contribution in [0.4, 0.5) is 8.78 Å². The molecular formula is C13H10F2N2S. The van der Waals surface area contributed by atoms with Crippen LogP contribution in [0.25, 0.3) is 0 Å². The molecule has 0 bridgehead atoms. The highest BCUT2D eigenvalue weighted by Gasteiger charge is 2.61. The van der Waals surface area contributed by atoms with E-state index >= 15 is 0 Å². The van der Waals surface area contributed by atoms with Crippen molar-refractivity contribution in [3.8, 4) is 0 Å². The Kier molecular flexibility index (Phi) is 1.79. The molecule has 0 spiro atoms. The van der Waals surface area contributed by atoms with E-state index in [-0.39, 0.29) is 5.41 Å². The Morgan fingerprint density at radius 2 is 2.00 bits per heavy atom. The summed E-state index contributed by atoms with van der Waals surface area (Å²) in [6, 6.07) is 3.81. The van der Waals surface area contributed by atoms with Crippen molar-refractivity contribution >= 4 is 12.2 Å². The van der Waals surface area contributed by atoms with Gasteiger partial charge in [0.15, 0.2) is 4.77 Å². The van der Waals surface area contributed by atoms with E-state index in [4.69, 9.17) is 12.2 Å². The molecule has 0 saturated heterocycles. The number of fused-ring (bicyclic) bond motifs is 3. The Bertz CT molecular complexity index is 698. The predicted octanol–water partition coefficient (Wildman–Crippen LogP) is 3.26. The summed E-state index contributed by atoms with van der Waals surface area (Å²) < 4.78 is 29.4. The Hall–Kier alpha value is -1.49. The van der Waals surface area contributed by atoms with E-state index in [1.165, 1.54) is 12.1 Å². The molecule has 1 saturated carbocycles. The molecule has 1 fully saturated rings. The van der Waals surface area contributed by atoms with Gasteiger partial charge in [0.2, 0.25) is 0 Å². The molecule has 5 heteroatoms. The lowest BCUT2D eigenvalue weighted by atomic mass is 9.94. The highest BCUT2D eigenvalue weighted by atomic mass is 32.1. The number of hydrogen-bond acceptors (Lipinski definition) is 1. The number of halogens is 2. The van der Waals surface area contributed by atoms with Crippen LogP contribution < -0.4 is 0 Å². The first-order chi connectivity index (χ1) is 8.60. The predicted molar refractivity (Wildman–Crippen MR) is 65.0 cm³/mol. The molecule has 1 aromatic carbocycles. The molecular weight excluding hydrogens is 254 g/mol. The monoisotopic (exact) mass is 264 g/mol. The highest BCUT2D eigenvalue weighted by Crippen LogP contribution is 2.65. The fraction of sp³-hybridized carbons (Fsp3) is 0.308. The number of benzene rings is 1. The van der Waals surface area contributed by atoms with Crippen molar-refractivity contribution in [2.45, 2.75) is 24.3 Å². The van der Waals surface area contributed by atoms with E-state index in [9.17, 15) is 8.78 Å². The number of H-pyrrole nitrogens is 1. The standard InChI is InChI=1S/C13H10F2N2S/c14-8-1-7(2-9(15)3-8)13-4-10(13)11-5-16-12(18)17(11)6-13/h1-3,5,10H,4,6H2,(H,16,18). The van der Waals surface area contributed by atoms with Crippen LogP contribution in [0.5, 0.6) is 0 Å². The van der Waals surface area contributed by atoms with E-state index in [0.29, 0.717) is 10.7 Å². The van der Waals surface area contributed by atoms with Crippen LogP contribution in [0, 0.1) is 16.4 Å². The van der Waals surface area contributed by atoms with Crippen molar-refractivity contribution in [3.63, 3.8) is 0 Å².